The van der Waals surface area contributed by atoms with Crippen molar-refractivity contribution in [1.29, 1.82) is 0 Å². The molecule has 136 valence electrons. The molecular weight excluding hydrogens is 330 g/mol. The molecule has 6 heteroatoms. The SMILES string of the molecule is CCc1ccccc1NC(=O)N1CCN(c2ccccc2OC)C(=O)C1. The first-order valence-corrected chi connectivity index (χ1v) is 8.71. The number of piperazine rings is 1. The summed E-state index contributed by atoms with van der Waals surface area (Å²) in [6, 6.07) is 14.9. The zero-order chi connectivity index (χ0) is 18.5. The summed E-state index contributed by atoms with van der Waals surface area (Å²) in [7, 11) is 1.58. The van der Waals surface area contributed by atoms with E-state index in [1.807, 2.05) is 55.5 Å². The van der Waals surface area contributed by atoms with Gasteiger partial charge in [-0.2, -0.15) is 0 Å². The molecule has 1 saturated heterocycles. The lowest BCUT2D eigenvalue weighted by Crippen LogP contribution is -2.53. The molecule has 0 spiro atoms. The van der Waals surface area contributed by atoms with Crippen molar-refractivity contribution in [1.82, 2.24) is 4.90 Å². The van der Waals surface area contributed by atoms with Crippen LogP contribution in [-0.2, 0) is 11.2 Å². The van der Waals surface area contributed by atoms with Gasteiger partial charge in [-0.05, 0) is 30.2 Å². The van der Waals surface area contributed by atoms with E-state index in [2.05, 4.69) is 5.32 Å². The van der Waals surface area contributed by atoms with Crippen LogP contribution in [0, 0.1) is 0 Å². The number of amides is 3. The van der Waals surface area contributed by atoms with Crippen molar-refractivity contribution in [3.8, 4) is 5.75 Å². The number of aryl methyl sites for hydroxylation is 1. The van der Waals surface area contributed by atoms with Crippen molar-refractivity contribution in [2.24, 2.45) is 0 Å². The van der Waals surface area contributed by atoms with Gasteiger partial charge in [0.2, 0.25) is 5.91 Å². The van der Waals surface area contributed by atoms with Gasteiger partial charge in [0.25, 0.3) is 0 Å². The molecule has 1 fully saturated rings. The van der Waals surface area contributed by atoms with E-state index in [1.165, 1.54) is 0 Å². The number of nitrogens with one attached hydrogen (secondary N) is 1. The van der Waals surface area contributed by atoms with Crippen molar-refractivity contribution in [2.45, 2.75) is 13.3 Å². The summed E-state index contributed by atoms with van der Waals surface area (Å²) in [5.74, 6) is 0.523. The van der Waals surface area contributed by atoms with Crippen LogP contribution in [0.15, 0.2) is 48.5 Å². The average molecular weight is 353 g/mol. The number of benzene rings is 2. The van der Waals surface area contributed by atoms with Crippen LogP contribution in [-0.4, -0.2) is 43.6 Å². The smallest absolute Gasteiger partial charge is 0.322 e. The number of hydrogen-bond donors (Lipinski definition) is 1. The van der Waals surface area contributed by atoms with Gasteiger partial charge in [-0.25, -0.2) is 4.79 Å². The van der Waals surface area contributed by atoms with E-state index in [9.17, 15) is 9.59 Å². The monoisotopic (exact) mass is 353 g/mol. The predicted octanol–water partition coefficient (Wildman–Crippen LogP) is 3.14. The minimum absolute atomic E-state index is 0.0399. The summed E-state index contributed by atoms with van der Waals surface area (Å²) in [6.07, 6.45) is 0.830. The molecule has 2 aromatic carbocycles. The van der Waals surface area contributed by atoms with E-state index < -0.39 is 0 Å². The standard InChI is InChI=1S/C20H23N3O3/c1-3-15-8-4-5-9-16(15)21-20(25)22-12-13-23(19(24)14-22)17-10-6-7-11-18(17)26-2/h4-11H,3,12-14H2,1-2H3,(H,21,25). The maximum Gasteiger partial charge on any atom is 0.322 e. The Bertz CT molecular complexity index is 804. The first-order chi connectivity index (χ1) is 12.6. The second kappa shape index (κ2) is 7.91. The van der Waals surface area contributed by atoms with Crippen LogP contribution in [0.2, 0.25) is 0 Å². The molecule has 0 saturated carbocycles. The third kappa shape index (κ3) is 3.64. The van der Waals surface area contributed by atoms with Crippen molar-refractivity contribution in [3.05, 3.63) is 54.1 Å². The first kappa shape index (κ1) is 17.8. The maximum absolute atomic E-state index is 12.6. The fourth-order valence-electron chi connectivity index (χ4n) is 3.10. The van der Waals surface area contributed by atoms with Gasteiger partial charge in [0, 0.05) is 18.8 Å². The predicted molar refractivity (Wildman–Crippen MR) is 102 cm³/mol. The van der Waals surface area contributed by atoms with Crippen molar-refractivity contribution in [3.63, 3.8) is 0 Å². The molecule has 0 aromatic heterocycles. The van der Waals surface area contributed by atoms with Crippen molar-refractivity contribution >= 4 is 23.3 Å². The second-order valence-electron chi connectivity index (χ2n) is 6.08. The Morgan fingerprint density at radius 3 is 2.58 bits per heavy atom. The summed E-state index contributed by atoms with van der Waals surface area (Å²) in [4.78, 5) is 28.4. The topological polar surface area (TPSA) is 61.9 Å². The molecule has 0 aliphatic carbocycles. The quantitative estimate of drug-likeness (QED) is 0.918. The number of para-hydroxylation sites is 3. The van der Waals surface area contributed by atoms with Crippen LogP contribution in [0.3, 0.4) is 0 Å². The molecule has 0 unspecified atom stereocenters. The lowest BCUT2D eigenvalue weighted by atomic mass is 10.1. The number of rotatable bonds is 4. The molecule has 3 rings (SSSR count). The molecule has 1 aliphatic rings. The molecular formula is C20H23N3O3. The van der Waals surface area contributed by atoms with Crippen LogP contribution in [0.1, 0.15) is 12.5 Å². The van der Waals surface area contributed by atoms with Crippen LogP contribution in [0.5, 0.6) is 5.75 Å². The Morgan fingerprint density at radius 2 is 1.85 bits per heavy atom. The largest absolute Gasteiger partial charge is 0.495 e. The molecule has 26 heavy (non-hydrogen) atoms. The van der Waals surface area contributed by atoms with Crippen molar-refractivity contribution < 1.29 is 14.3 Å². The highest BCUT2D eigenvalue weighted by Gasteiger charge is 2.29. The number of ether oxygens (including phenoxy) is 1. The van der Waals surface area contributed by atoms with E-state index in [0.29, 0.717) is 18.8 Å². The number of methoxy groups -OCH3 is 1. The van der Waals surface area contributed by atoms with E-state index in [0.717, 1.165) is 23.4 Å². The van der Waals surface area contributed by atoms with Gasteiger partial charge in [0.05, 0.1) is 12.8 Å². The van der Waals surface area contributed by atoms with E-state index in [1.54, 1.807) is 16.9 Å². The Labute approximate surface area is 153 Å². The normalized spacial score (nSPS) is 14.3. The van der Waals surface area contributed by atoms with Gasteiger partial charge in [0.1, 0.15) is 12.3 Å². The lowest BCUT2D eigenvalue weighted by Gasteiger charge is -2.34. The van der Waals surface area contributed by atoms with E-state index >= 15 is 0 Å². The molecule has 6 nitrogen and oxygen atoms in total. The zero-order valence-corrected chi connectivity index (χ0v) is 15.1. The van der Waals surface area contributed by atoms with E-state index in [4.69, 9.17) is 4.74 Å². The van der Waals surface area contributed by atoms with Crippen LogP contribution >= 0.6 is 0 Å². The summed E-state index contributed by atoms with van der Waals surface area (Å²) in [5, 5.41) is 2.92. The molecule has 0 atom stereocenters. The summed E-state index contributed by atoms with van der Waals surface area (Å²) < 4.78 is 5.34. The highest BCUT2D eigenvalue weighted by molar-refractivity contribution is 6.00. The second-order valence-corrected chi connectivity index (χ2v) is 6.08. The highest BCUT2D eigenvalue weighted by atomic mass is 16.5. The number of carbonyl (C=O) groups is 2. The molecule has 0 radical (unpaired) electrons. The maximum atomic E-state index is 12.6. The molecule has 3 amide bonds. The number of urea groups is 1. The van der Waals surface area contributed by atoms with Gasteiger partial charge >= 0.3 is 6.03 Å². The molecule has 1 heterocycles. The van der Waals surface area contributed by atoms with Gasteiger partial charge < -0.3 is 19.9 Å². The molecule has 0 bridgehead atoms. The van der Waals surface area contributed by atoms with Gasteiger partial charge in [-0.15, -0.1) is 0 Å². The summed E-state index contributed by atoms with van der Waals surface area (Å²) >= 11 is 0. The number of carbonyl (C=O) groups excluding carboxylic acids is 2. The van der Waals surface area contributed by atoms with Crippen LogP contribution < -0.4 is 15.0 Å². The number of anilines is 2. The Kier molecular flexibility index (Phi) is 5.41. The fourth-order valence-corrected chi connectivity index (χ4v) is 3.10. The lowest BCUT2D eigenvalue weighted by molar-refractivity contribution is -0.120. The Balaban J connectivity index is 1.68. The van der Waals surface area contributed by atoms with Crippen molar-refractivity contribution in [2.75, 3.05) is 37.0 Å². The minimum atomic E-state index is -0.251. The van der Waals surface area contributed by atoms with Crippen LogP contribution in [0.25, 0.3) is 0 Å². The fraction of sp³-hybridized carbons (Fsp3) is 0.300. The average Bonchev–Trinajstić information content (AvgIpc) is 2.68. The summed E-state index contributed by atoms with van der Waals surface area (Å²) in [5.41, 5.74) is 2.59. The number of hydrogen-bond acceptors (Lipinski definition) is 3. The van der Waals surface area contributed by atoms with Crippen LogP contribution in [0.4, 0.5) is 16.2 Å². The zero-order valence-electron chi connectivity index (χ0n) is 15.1. The molecule has 1 aliphatic heterocycles. The Morgan fingerprint density at radius 1 is 1.12 bits per heavy atom. The van der Waals surface area contributed by atoms with E-state index in [-0.39, 0.29) is 18.5 Å². The molecule has 1 N–H and O–H groups in total. The summed E-state index contributed by atoms with van der Waals surface area (Å²) in [6.45, 7) is 2.98. The van der Waals surface area contributed by atoms with Gasteiger partial charge in [0.15, 0.2) is 0 Å². The molecule has 2 aromatic rings. The van der Waals surface area contributed by atoms with Gasteiger partial charge in [-0.3, -0.25) is 4.79 Å². The third-order valence-corrected chi connectivity index (χ3v) is 4.52. The number of nitrogens with zero attached hydrogens (tertiary/aromatic N) is 2. The highest BCUT2D eigenvalue weighted by Crippen LogP contribution is 2.29. The van der Waals surface area contributed by atoms with Gasteiger partial charge in [-0.1, -0.05) is 37.3 Å². The third-order valence-electron chi connectivity index (χ3n) is 4.52. The first-order valence-electron chi connectivity index (χ1n) is 8.71. The Hall–Kier alpha value is -3.02. The minimum Gasteiger partial charge on any atom is -0.495 e.